The molecule has 0 aliphatic heterocycles. The Bertz CT molecular complexity index is 355. The van der Waals surface area contributed by atoms with Crippen molar-refractivity contribution in [3.8, 4) is 0 Å². The quantitative estimate of drug-likeness (QED) is 0.305. The van der Waals surface area contributed by atoms with Gasteiger partial charge in [0.15, 0.2) is 0 Å². The fraction of sp³-hybridized carbons (Fsp3) is 0.700. The van der Waals surface area contributed by atoms with Crippen LogP contribution >= 0.6 is 11.8 Å². The fourth-order valence-electron chi connectivity index (χ4n) is 2.66. The van der Waals surface area contributed by atoms with E-state index in [0.29, 0.717) is 5.92 Å². The van der Waals surface area contributed by atoms with Crippen molar-refractivity contribution in [3.05, 3.63) is 29.8 Å². The molecule has 0 nitrogen and oxygen atoms in total. The molecular formula is C20H34S. The largest absolute Gasteiger partial charge is 0.126 e. The summed E-state index contributed by atoms with van der Waals surface area (Å²) in [5.41, 5.74) is 1.50. The number of benzene rings is 1. The van der Waals surface area contributed by atoms with Gasteiger partial charge in [-0.1, -0.05) is 71.9 Å². The van der Waals surface area contributed by atoms with Gasteiger partial charge in [-0.3, -0.25) is 0 Å². The number of hydrogen-bond acceptors (Lipinski definition) is 1. The maximum atomic E-state index is 2.37. The van der Waals surface area contributed by atoms with Crippen LogP contribution in [0.4, 0.5) is 0 Å². The highest BCUT2D eigenvalue weighted by Gasteiger charge is 2.04. The molecule has 2 atom stereocenters. The molecule has 0 bridgehead atoms. The first kappa shape index (κ1) is 18.6. The highest BCUT2D eigenvalue weighted by molar-refractivity contribution is 7.99. The maximum Gasteiger partial charge on any atom is 0.00721 e. The minimum Gasteiger partial charge on any atom is -0.126 e. The van der Waals surface area contributed by atoms with Crippen LogP contribution in [0.25, 0.3) is 0 Å². The number of hydrogen-bond donors (Lipinski definition) is 0. The van der Waals surface area contributed by atoms with Crippen molar-refractivity contribution in [1.29, 1.82) is 0 Å². The lowest BCUT2D eigenvalue weighted by molar-refractivity contribution is 0.483. The average Bonchev–Trinajstić information content (AvgIpc) is 2.51. The molecule has 0 aliphatic rings. The predicted octanol–water partition coefficient (Wildman–Crippen LogP) is 7.29. The topological polar surface area (TPSA) is 0 Å². The number of unbranched alkanes of at least 4 members (excludes halogenated alkanes) is 2. The van der Waals surface area contributed by atoms with Gasteiger partial charge in [-0.15, -0.1) is 11.8 Å². The molecule has 21 heavy (non-hydrogen) atoms. The maximum absolute atomic E-state index is 2.37. The van der Waals surface area contributed by atoms with Crippen molar-refractivity contribution in [2.24, 2.45) is 5.92 Å². The van der Waals surface area contributed by atoms with Gasteiger partial charge in [0.25, 0.3) is 0 Å². The van der Waals surface area contributed by atoms with Gasteiger partial charge in [-0.05, 0) is 48.1 Å². The highest BCUT2D eigenvalue weighted by atomic mass is 32.2. The van der Waals surface area contributed by atoms with E-state index >= 15 is 0 Å². The summed E-state index contributed by atoms with van der Waals surface area (Å²) in [5.74, 6) is 2.88. The molecule has 0 amide bonds. The van der Waals surface area contributed by atoms with E-state index < -0.39 is 0 Å². The van der Waals surface area contributed by atoms with E-state index in [1.54, 1.807) is 0 Å². The van der Waals surface area contributed by atoms with Gasteiger partial charge in [0.05, 0.1) is 0 Å². The summed E-state index contributed by atoms with van der Waals surface area (Å²) < 4.78 is 0. The van der Waals surface area contributed by atoms with Crippen molar-refractivity contribution in [3.63, 3.8) is 0 Å². The fourth-order valence-corrected chi connectivity index (χ4v) is 3.57. The lowest BCUT2D eigenvalue weighted by Gasteiger charge is -2.11. The first-order chi connectivity index (χ1) is 10.2. The van der Waals surface area contributed by atoms with Crippen LogP contribution in [0.1, 0.15) is 84.1 Å². The Morgan fingerprint density at radius 3 is 2.24 bits per heavy atom. The van der Waals surface area contributed by atoms with Crippen LogP contribution in [0.3, 0.4) is 0 Å². The third kappa shape index (κ3) is 7.95. The molecule has 0 fully saturated rings. The predicted molar refractivity (Wildman–Crippen MR) is 98.4 cm³/mol. The van der Waals surface area contributed by atoms with Gasteiger partial charge >= 0.3 is 0 Å². The lowest BCUT2D eigenvalue weighted by atomic mass is 9.97. The normalized spacial score (nSPS) is 14.1. The zero-order valence-electron chi connectivity index (χ0n) is 14.5. The minimum absolute atomic E-state index is 0.703. The van der Waals surface area contributed by atoms with Crippen LogP contribution in [-0.4, -0.2) is 5.75 Å². The molecule has 0 N–H and O–H groups in total. The van der Waals surface area contributed by atoms with E-state index in [2.05, 4.69) is 52.0 Å². The lowest BCUT2D eigenvalue weighted by Crippen LogP contribution is -1.93. The van der Waals surface area contributed by atoms with Gasteiger partial charge in [-0.2, -0.15) is 0 Å². The second-order valence-corrected chi connectivity index (χ2v) is 7.64. The van der Waals surface area contributed by atoms with Crippen molar-refractivity contribution < 1.29 is 0 Å². The Labute approximate surface area is 137 Å². The van der Waals surface area contributed by atoms with E-state index in [9.17, 15) is 0 Å². The van der Waals surface area contributed by atoms with Crippen molar-refractivity contribution >= 4 is 11.8 Å². The molecule has 120 valence electrons. The molecule has 0 aromatic heterocycles. The number of rotatable bonds is 11. The van der Waals surface area contributed by atoms with Crippen LogP contribution in [0.15, 0.2) is 29.2 Å². The molecule has 1 heteroatoms. The third-order valence-electron chi connectivity index (χ3n) is 4.48. The summed E-state index contributed by atoms with van der Waals surface area (Å²) in [5, 5.41) is 0. The van der Waals surface area contributed by atoms with E-state index in [4.69, 9.17) is 0 Å². The van der Waals surface area contributed by atoms with Gasteiger partial charge < -0.3 is 0 Å². The summed E-state index contributed by atoms with van der Waals surface area (Å²) in [6, 6.07) is 9.27. The first-order valence-corrected chi connectivity index (χ1v) is 9.88. The number of thioether (sulfide) groups is 1. The average molecular weight is 307 g/mol. The molecule has 0 saturated heterocycles. The zero-order chi connectivity index (χ0) is 15.5. The molecule has 1 aromatic carbocycles. The summed E-state index contributed by atoms with van der Waals surface area (Å²) in [6.07, 6.45) is 9.46. The summed E-state index contributed by atoms with van der Waals surface area (Å²) >= 11 is 2.02. The molecule has 0 heterocycles. The molecule has 0 saturated carbocycles. The van der Waals surface area contributed by atoms with Crippen LogP contribution in [0.5, 0.6) is 0 Å². The molecule has 0 radical (unpaired) electrons. The van der Waals surface area contributed by atoms with E-state index in [0.717, 1.165) is 5.92 Å². The second kappa shape index (κ2) is 11.2. The Morgan fingerprint density at radius 2 is 1.62 bits per heavy atom. The third-order valence-corrected chi connectivity index (χ3v) is 5.58. The van der Waals surface area contributed by atoms with Crippen molar-refractivity contribution in [2.75, 3.05) is 5.75 Å². The SMILES string of the molecule is CCCC(C)c1ccc(SCCCCCC(C)CC)cc1. The summed E-state index contributed by atoms with van der Waals surface area (Å²) in [6.45, 7) is 9.27. The summed E-state index contributed by atoms with van der Waals surface area (Å²) in [7, 11) is 0. The first-order valence-electron chi connectivity index (χ1n) is 8.90. The van der Waals surface area contributed by atoms with Crippen LogP contribution in [-0.2, 0) is 0 Å². The van der Waals surface area contributed by atoms with Gasteiger partial charge in [-0.25, -0.2) is 0 Å². The molecule has 2 unspecified atom stereocenters. The van der Waals surface area contributed by atoms with Gasteiger partial charge in [0.1, 0.15) is 0 Å². The molecular weight excluding hydrogens is 272 g/mol. The Morgan fingerprint density at radius 1 is 0.905 bits per heavy atom. The minimum atomic E-state index is 0.703. The van der Waals surface area contributed by atoms with Crippen molar-refractivity contribution in [2.45, 2.75) is 83.5 Å². The molecule has 1 aromatic rings. The van der Waals surface area contributed by atoms with Crippen LogP contribution in [0, 0.1) is 5.92 Å². The molecule has 1 rings (SSSR count). The second-order valence-electron chi connectivity index (χ2n) is 6.47. The van der Waals surface area contributed by atoms with Crippen LogP contribution in [0.2, 0.25) is 0 Å². The Balaban J connectivity index is 2.18. The van der Waals surface area contributed by atoms with E-state index in [-0.39, 0.29) is 0 Å². The molecule has 0 spiro atoms. The summed E-state index contributed by atoms with van der Waals surface area (Å²) in [4.78, 5) is 1.43. The Kier molecular flexibility index (Phi) is 9.91. The van der Waals surface area contributed by atoms with E-state index in [1.807, 2.05) is 11.8 Å². The van der Waals surface area contributed by atoms with Crippen LogP contribution < -0.4 is 0 Å². The standard InChI is InChI=1S/C20H34S/c1-5-10-18(4)19-12-14-20(15-13-19)21-16-9-7-8-11-17(3)6-2/h12-15,17-18H,5-11,16H2,1-4H3. The molecule has 0 aliphatic carbocycles. The van der Waals surface area contributed by atoms with Gasteiger partial charge in [0, 0.05) is 4.90 Å². The van der Waals surface area contributed by atoms with Gasteiger partial charge in [0.2, 0.25) is 0 Å². The van der Waals surface area contributed by atoms with Crippen molar-refractivity contribution in [1.82, 2.24) is 0 Å². The monoisotopic (exact) mass is 306 g/mol. The smallest absolute Gasteiger partial charge is 0.00721 e. The zero-order valence-corrected chi connectivity index (χ0v) is 15.3. The van der Waals surface area contributed by atoms with E-state index in [1.165, 1.54) is 61.2 Å². The Hall–Kier alpha value is -0.430. The highest BCUT2D eigenvalue weighted by Crippen LogP contribution is 2.25.